The van der Waals surface area contributed by atoms with Gasteiger partial charge in [-0.3, -0.25) is 4.79 Å². The number of nitroso groups, excluding NO2 is 1. The van der Waals surface area contributed by atoms with E-state index >= 15 is 0 Å². The van der Waals surface area contributed by atoms with Crippen LogP contribution in [0.2, 0.25) is 5.02 Å². The Hall–Kier alpha value is -2.20. The van der Waals surface area contributed by atoms with E-state index in [1.807, 2.05) is 0 Å². The van der Waals surface area contributed by atoms with Gasteiger partial charge in [0, 0.05) is 23.2 Å². The molecule has 0 aliphatic rings. The highest BCUT2D eigenvalue weighted by Gasteiger charge is 2.17. The molecular weight excluding hydrogens is 264 g/mol. The van der Waals surface area contributed by atoms with E-state index < -0.39 is 41.6 Å². The molecule has 2 aromatic carbocycles. The Morgan fingerprint density at radius 3 is 2.63 bits per heavy atom. The second-order valence-electron chi connectivity index (χ2n) is 3.60. The monoisotopic (exact) mass is 279 g/mol. The summed E-state index contributed by atoms with van der Waals surface area (Å²) in [5.74, 6) is -0.847. The molecule has 2 rings (SSSR count). The van der Waals surface area contributed by atoms with Gasteiger partial charge < -0.3 is 0 Å². The fourth-order valence-electron chi connectivity index (χ4n) is 1.51. The number of rotatable bonds is 4. The van der Waals surface area contributed by atoms with Crippen molar-refractivity contribution in [1.82, 2.24) is 0 Å². The van der Waals surface area contributed by atoms with Gasteiger partial charge in [0.25, 0.3) is 0 Å². The average Bonchev–Trinajstić information content (AvgIpc) is 2.57. The summed E-state index contributed by atoms with van der Waals surface area (Å²) in [7, 11) is 1.31. The predicted octanol–water partition coefficient (Wildman–Crippen LogP) is 3.69. The van der Waals surface area contributed by atoms with Gasteiger partial charge in [0.1, 0.15) is 0 Å². The van der Waals surface area contributed by atoms with Crippen LogP contribution in [0.25, 0.3) is 0 Å². The van der Waals surface area contributed by atoms with Gasteiger partial charge in [-0.1, -0.05) is 41.8 Å². The first-order valence-electron chi connectivity index (χ1n) is 7.68. The fraction of sp³-hybridized carbons (Fsp3) is 0.0714. The van der Waals surface area contributed by atoms with Gasteiger partial charge in [-0.25, -0.2) is 5.01 Å². The van der Waals surface area contributed by atoms with Crippen molar-refractivity contribution in [2.45, 2.75) is 0 Å². The smallest absolute Gasteiger partial charge is 0.195 e. The molecule has 2 aromatic rings. The third-order valence-corrected chi connectivity index (χ3v) is 2.64. The zero-order valence-electron chi connectivity index (χ0n) is 14.8. The maximum atomic E-state index is 12.8. The highest BCUT2D eigenvalue weighted by molar-refractivity contribution is 6.31. The topological polar surface area (TPSA) is 49.7 Å². The SMILES string of the molecule is [2H]c1c([2H])c([2H])c(C(=O)c2cc(Cl)ccc2N(C)N=O)c([2H])c1[2H]. The number of benzene rings is 2. The molecule has 4 nitrogen and oxygen atoms in total. The van der Waals surface area contributed by atoms with E-state index in [1.54, 1.807) is 0 Å². The molecule has 19 heavy (non-hydrogen) atoms. The van der Waals surface area contributed by atoms with Crippen molar-refractivity contribution in [3.8, 4) is 0 Å². The van der Waals surface area contributed by atoms with Crippen molar-refractivity contribution in [3.05, 3.63) is 69.5 Å². The Labute approximate surface area is 122 Å². The molecule has 5 heteroatoms. The molecule has 0 aliphatic heterocycles. The van der Waals surface area contributed by atoms with Crippen LogP contribution in [0.4, 0.5) is 5.69 Å². The molecule has 96 valence electrons. The molecule has 0 saturated carbocycles. The molecule has 0 spiro atoms. The van der Waals surface area contributed by atoms with Crippen LogP contribution in [-0.4, -0.2) is 12.8 Å². The van der Waals surface area contributed by atoms with Crippen LogP contribution in [-0.2, 0) is 0 Å². The molecule has 0 radical (unpaired) electrons. The minimum Gasteiger partial charge on any atom is -0.289 e. The molecule has 0 aromatic heterocycles. The van der Waals surface area contributed by atoms with Crippen molar-refractivity contribution in [2.24, 2.45) is 5.29 Å². The number of carbonyl (C=O) groups is 1. The molecular formula is C14H11ClN2O2. The molecule has 0 amide bonds. The third-order valence-electron chi connectivity index (χ3n) is 2.40. The standard InChI is InChI=1S/C14H11ClN2O2/c1-17(16-19)13-8-7-11(15)9-12(13)14(18)10-5-3-2-4-6-10/h2-9H,1H3/i2D,3D,4D,5D,6D. The molecule has 0 unspecified atom stereocenters. The van der Waals surface area contributed by atoms with Gasteiger partial charge in [0.05, 0.1) is 17.8 Å². The highest BCUT2D eigenvalue weighted by Crippen LogP contribution is 2.26. The van der Waals surface area contributed by atoms with Crippen molar-refractivity contribution in [1.29, 1.82) is 0 Å². The maximum absolute atomic E-state index is 12.8. The van der Waals surface area contributed by atoms with Crippen molar-refractivity contribution >= 4 is 23.1 Å². The van der Waals surface area contributed by atoms with Crippen LogP contribution in [0.1, 0.15) is 22.8 Å². The number of carbonyl (C=O) groups excluding carboxylic acids is 1. The molecule has 0 bridgehead atoms. The fourth-order valence-corrected chi connectivity index (χ4v) is 1.69. The summed E-state index contributed by atoms with van der Waals surface area (Å²) in [6, 6.07) is 0.983. The Balaban J connectivity index is 2.76. The number of hydrogen-bond acceptors (Lipinski definition) is 3. The van der Waals surface area contributed by atoms with E-state index in [9.17, 15) is 9.70 Å². The number of nitrogens with zero attached hydrogens (tertiary/aromatic N) is 2. The van der Waals surface area contributed by atoms with Gasteiger partial charge in [-0.2, -0.15) is 0 Å². The normalized spacial score (nSPS) is 13.7. The first-order chi connectivity index (χ1) is 11.2. The van der Waals surface area contributed by atoms with Crippen LogP contribution in [0.5, 0.6) is 0 Å². The lowest BCUT2D eigenvalue weighted by Gasteiger charge is -2.13. The van der Waals surface area contributed by atoms with Crippen molar-refractivity contribution in [2.75, 3.05) is 12.1 Å². The summed E-state index contributed by atoms with van der Waals surface area (Å²) in [6.07, 6.45) is 0. The quantitative estimate of drug-likeness (QED) is 0.487. The second-order valence-corrected chi connectivity index (χ2v) is 4.03. The Bertz CT molecular complexity index is 831. The number of ketones is 1. The van der Waals surface area contributed by atoms with Gasteiger partial charge >= 0.3 is 0 Å². The van der Waals surface area contributed by atoms with Gasteiger partial charge in [0.2, 0.25) is 0 Å². The Kier molecular flexibility index (Phi) is 2.39. The Morgan fingerprint density at radius 2 is 2.00 bits per heavy atom. The predicted molar refractivity (Wildman–Crippen MR) is 75.5 cm³/mol. The number of hydrogen-bond donors (Lipinski definition) is 0. The van der Waals surface area contributed by atoms with Crippen LogP contribution in [0.15, 0.2) is 53.7 Å². The van der Waals surface area contributed by atoms with Crippen LogP contribution in [0, 0.1) is 4.91 Å². The van der Waals surface area contributed by atoms with E-state index in [1.165, 1.54) is 25.2 Å². The minimum absolute atomic E-state index is 0.0943. The first-order valence-corrected chi connectivity index (χ1v) is 5.56. The van der Waals surface area contributed by atoms with Crippen molar-refractivity contribution in [3.63, 3.8) is 0 Å². The molecule has 0 fully saturated rings. The first kappa shape index (κ1) is 8.07. The lowest BCUT2D eigenvalue weighted by Crippen LogP contribution is -2.13. The summed E-state index contributed by atoms with van der Waals surface area (Å²) in [5, 5.41) is 3.79. The van der Waals surface area contributed by atoms with Gasteiger partial charge in [-0.05, 0) is 18.2 Å². The van der Waals surface area contributed by atoms with Gasteiger partial charge in [-0.15, -0.1) is 4.91 Å². The lowest BCUT2D eigenvalue weighted by atomic mass is 10.0. The van der Waals surface area contributed by atoms with Crippen molar-refractivity contribution < 1.29 is 11.6 Å². The summed E-state index contributed by atoms with van der Waals surface area (Å²) in [4.78, 5) is 23.6. The van der Waals surface area contributed by atoms with E-state index in [4.69, 9.17) is 18.5 Å². The zero-order valence-corrected chi connectivity index (χ0v) is 10.6. The summed E-state index contributed by atoms with van der Waals surface area (Å²) >= 11 is 5.89. The van der Waals surface area contributed by atoms with Crippen LogP contribution < -0.4 is 5.01 Å². The molecule has 0 aliphatic carbocycles. The molecule has 0 atom stereocenters. The van der Waals surface area contributed by atoms with E-state index in [0.717, 1.165) is 5.01 Å². The lowest BCUT2D eigenvalue weighted by molar-refractivity contribution is 0.103. The number of halogens is 1. The number of anilines is 1. The van der Waals surface area contributed by atoms with E-state index in [2.05, 4.69) is 5.29 Å². The minimum atomic E-state index is -0.847. The summed E-state index contributed by atoms with van der Waals surface area (Å²) in [6.45, 7) is 0. The van der Waals surface area contributed by atoms with E-state index in [0.29, 0.717) is 0 Å². The molecule has 0 N–H and O–H groups in total. The molecule has 0 heterocycles. The third kappa shape index (κ3) is 2.80. The summed E-state index contributed by atoms with van der Waals surface area (Å²) < 4.78 is 38.6. The molecule has 0 saturated heterocycles. The average molecular weight is 280 g/mol. The van der Waals surface area contributed by atoms with Gasteiger partial charge in [0.15, 0.2) is 5.78 Å². The summed E-state index contributed by atoms with van der Waals surface area (Å²) in [5.41, 5.74) is -0.488. The zero-order chi connectivity index (χ0) is 18.2. The van der Waals surface area contributed by atoms with Crippen LogP contribution >= 0.6 is 11.6 Å². The second kappa shape index (κ2) is 5.63. The largest absolute Gasteiger partial charge is 0.289 e. The maximum Gasteiger partial charge on any atom is 0.195 e. The van der Waals surface area contributed by atoms with E-state index in [-0.39, 0.29) is 16.3 Å². The highest BCUT2D eigenvalue weighted by atomic mass is 35.5. The van der Waals surface area contributed by atoms with Crippen LogP contribution in [0.3, 0.4) is 0 Å². The Morgan fingerprint density at radius 1 is 1.32 bits per heavy atom.